The van der Waals surface area contributed by atoms with Gasteiger partial charge in [0.05, 0.1) is 4.92 Å². The molecule has 0 heterocycles. The summed E-state index contributed by atoms with van der Waals surface area (Å²) >= 11 is 5.76. The molecule has 132 valence electrons. The highest BCUT2D eigenvalue weighted by Crippen LogP contribution is 2.23. The molecular formula is C18H20ClN3O3. The van der Waals surface area contributed by atoms with Gasteiger partial charge in [0.25, 0.3) is 11.6 Å². The van der Waals surface area contributed by atoms with Crippen molar-refractivity contribution < 1.29 is 9.72 Å². The van der Waals surface area contributed by atoms with E-state index in [0.717, 1.165) is 25.2 Å². The fourth-order valence-corrected chi connectivity index (χ4v) is 2.69. The molecule has 2 aromatic carbocycles. The fraction of sp³-hybridized carbons (Fsp3) is 0.278. The van der Waals surface area contributed by atoms with Crippen LogP contribution in [0.15, 0.2) is 48.5 Å². The summed E-state index contributed by atoms with van der Waals surface area (Å²) in [5, 5.41) is 14.0. The predicted octanol–water partition coefficient (Wildman–Crippen LogP) is 3.89. The van der Waals surface area contributed by atoms with Crippen molar-refractivity contribution in [3.8, 4) is 0 Å². The lowest BCUT2D eigenvalue weighted by molar-refractivity contribution is -0.385. The van der Waals surface area contributed by atoms with Crippen LogP contribution in [0.5, 0.6) is 0 Å². The van der Waals surface area contributed by atoms with Crippen molar-refractivity contribution in [3.63, 3.8) is 0 Å². The van der Waals surface area contributed by atoms with E-state index in [1.165, 1.54) is 18.2 Å². The largest absolute Gasteiger partial charge is 0.372 e. The minimum absolute atomic E-state index is 0.0183. The van der Waals surface area contributed by atoms with Crippen LogP contribution in [0.2, 0.25) is 5.02 Å². The average Bonchev–Trinajstić information content (AvgIpc) is 2.62. The average molecular weight is 362 g/mol. The lowest BCUT2D eigenvalue weighted by Gasteiger charge is -2.23. The SMILES string of the molecule is CCN(CCCNC(=O)c1ccc(Cl)cc1[N+](=O)[O-])c1ccccc1. The van der Waals surface area contributed by atoms with Gasteiger partial charge in [-0.25, -0.2) is 0 Å². The fourth-order valence-electron chi connectivity index (χ4n) is 2.52. The lowest BCUT2D eigenvalue weighted by atomic mass is 10.1. The minimum Gasteiger partial charge on any atom is -0.372 e. The van der Waals surface area contributed by atoms with E-state index >= 15 is 0 Å². The number of hydrogen-bond donors (Lipinski definition) is 1. The number of nitrogens with one attached hydrogen (secondary N) is 1. The second-order valence-corrected chi connectivity index (χ2v) is 5.88. The van der Waals surface area contributed by atoms with Crippen LogP contribution in [0.4, 0.5) is 11.4 Å². The third kappa shape index (κ3) is 5.19. The van der Waals surface area contributed by atoms with E-state index in [9.17, 15) is 14.9 Å². The normalized spacial score (nSPS) is 10.3. The number of nitrogens with zero attached hydrogens (tertiary/aromatic N) is 2. The molecule has 2 aromatic rings. The molecular weight excluding hydrogens is 342 g/mol. The number of hydrogen-bond acceptors (Lipinski definition) is 4. The van der Waals surface area contributed by atoms with E-state index in [1.807, 2.05) is 30.3 Å². The minimum atomic E-state index is -0.602. The highest BCUT2D eigenvalue weighted by molar-refractivity contribution is 6.31. The molecule has 0 spiro atoms. The Balaban J connectivity index is 1.90. The summed E-state index contributed by atoms with van der Waals surface area (Å²) < 4.78 is 0. The highest BCUT2D eigenvalue weighted by Gasteiger charge is 2.20. The third-order valence-corrected chi connectivity index (χ3v) is 4.03. The van der Waals surface area contributed by atoms with Crippen molar-refractivity contribution in [2.75, 3.05) is 24.5 Å². The van der Waals surface area contributed by atoms with E-state index in [4.69, 9.17) is 11.6 Å². The Morgan fingerprint density at radius 1 is 1.24 bits per heavy atom. The Hall–Kier alpha value is -2.60. The Morgan fingerprint density at radius 3 is 2.60 bits per heavy atom. The molecule has 0 saturated heterocycles. The molecule has 0 aliphatic carbocycles. The zero-order chi connectivity index (χ0) is 18.2. The molecule has 2 rings (SSSR count). The first-order valence-electron chi connectivity index (χ1n) is 8.05. The molecule has 0 aromatic heterocycles. The Morgan fingerprint density at radius 2 is 1.96 bits per heavy atom. The van der Waals surface area contributed by atoms with Crippen molar-refractivity contribution in [1.29, 1.82) is 0 Å². The van der Waals surface area contributed by atoms with Gasteiger partial charge in [0.2, 0.25) is 0 Å². The summed E-state index contributed by atoms with van der Waals surface area (Å²) in [6.45, 7) is 4.15. The Kier molecular flexibility index (Phi) is 6.77. The molecule has 0 atom stereocenters. The van der Waals surface area contributed by atoms with E-state index in [0.29, 0.717) is 6.54 Å². The number of carbonyl (C=O) groups excluding carboxylic acids is 1. The number of amides is 1. The first-order valence-corrected chi connectivity index (χ1v) is 8.43. The molecule has 0 saturated carbocycles. The molecule has 1 amide bonds. The van der Waals surface area contributed by atoms with Gasteiger partial charge in [-0.3, -0.25) is 14.9 Å². The lowest BCUT2D eigenvalue weighted by Crippen LogP contribution is -2.30. The van der Waals surface area contributed by atoms with Gasteiger partial charge in [0.15, 0.2) is 0 Å². The van der Waals surface area contributed by atoms with E-state index < -0.39 is 10.8 Å². The van der Waals surface area contributed by atoms with Gasteiger partial charge in [-0.2, -0.15) is 0 Å². The van der Waals surface area contributed by atoms with Crippen LogP contribution in [-0.2, 0) is 0 Å². The van der Waals surface area contributed by atoms with E-state index in [2.05, 4.69) is 17.1 Å². The van der Waals surface area contributed by atoms with Crippen molar-refractivity contribution in [2.45, 2.75) is 13.3 Å². The number of anilines is 1. The van der Waals surface area contributed by atoms with Gasteiger partial charge in [-0.05, 0) is 37.6 Å². The van der Waals surface area contributed by atoms with Gasteiger partial charge in [-0.1, -0.05) is 29.8 Å². The zero-order valence-corrected chi connectivity index (χ0v) is 14.7. The summed E-state index contributed by atoms with van der Waals surface area (Å²) in [6, 6.07) is 14.0. The van der Waals surface area contributed by atoms with Crippen molar-refractivity contribution >= 4 is 28.9 Å². The first-order chi connectivity index (χ1) is 12.0. The summed E-state index contributed by atoms with van der Waals surface area (Å²) in [5.74, 6) is -0.467. The topological polar surface area (TPSA) is 75.5 Å². The number of nitro benzene ring substituents is 1. The maximum absolute atomic E-state index is 12.2. The monoisotopic (exact) mass is 361 g/mol. The standard InChI is InChI=1S/C18H20ClN3O3/c1-2-21(15-7-4-3-5-8-15)12-6-11-20-18(23)16-10-9-14(19)13-17(16)22(24)25/h3-5,7-10,13H,2,6,11-12H2,1H3,(H,20,23). The quantitative estimate of drug-likeness (QED) is 0.439. The van der Waals surface area contributed by atoms with E-state index in [-0.39, 0.29) is 16.3 Å². The van der Waals surface area contributed by atoms with Crippen LogP contribution in [0.25, 0.3) is 0 Å². The smallest absolute Gasteiger partial charge is 0.283 e. The molecule has 1 N–H and O–H groups in total. The zero-order valence-electron chi connectivity index (χ0n) is 13.9. The third-order valence-electron chi connectivity index (χ3n) is 3.79. The number of nitro groups is 1. The molecule has 6 nitrogen and oxygen atoms in total. The van der Waals surface area contributed by atoms with Gasteiger partial charge in [0.1, 0.15) is 5.56 Å². The Labute approximate surface area is 151 Å². The van der Waals surface area contributed by atoms with Gasteiger partial charge in [-0.15, -0.1) is 0 Å². The summed E-state index contributed by atoms with van der Waals surface area (Å²) in [6.07, 6.45) is 0.732. The number of benzene rings is 2. The van der Waals surface area contributed by atoms with Crippen LogP contribution in [0.1, 0.15) is 23.7 Å². The number of rotatable bonds is 8. The second-order valence-electron chi connectivity index (χ2n) is 5.44. The van der Waals surface area contributed by atoms with Crippen LogP contribution >= 0.6 is 11.6 Å². The maximum atomic E-state index is 12.2. The molecule has 0 unspecified atom stereocenters. The number of halogens is 1. The summed E-state index contributed by atoms with van der Waals surface area (Å²) in [5.41, 5.74) is 0.860. The summed E-state index contributed by atoms with van der Waals surface area (Å²) in [4.78, 5) is 24.8. The molecule has 25 heavy (non-hydrogen) atoms. The number of carbonyl (C=O) groups is 1. The van der Waals surface area contributed by atoms with Gasteiger partial charge >= 0.3 is 0 Å². The molecule has 7 heteroatoms. The van der Waals surface area contributed by atoms with Crippen LogP contribution < -0.4 is 10.2 Å². The highest BCUT2D eigenvalue weighted by atomic mass is 35.5. The first kappa shape index (κ1) is 18.7. The van der Waals surface area contributed by atoms with Crippen molar-refractivity contribution in [2.24, 2.45) is 0 Å². The number of para-hydroxylation sites is 1. The van der Waals surface area contributed by atoms with E-state index in [1.54, 1.807) is 0 Å². The van der Waals surface area contributed by atoms with Gasteiger partial charge < -0.3 is 10.2 Å². The van der Waals surface area contributed by atoms with Gasteiger partial charge in [0, 0.05) is 36.4 Å². The summed E-state index contributed by atoms with van der Waals surface area (Å²) in [7, 11) is 0. The van der Waals surface area contributed by atoms with Crippen LogP contribution in [-0.4, -0.2) is 30.5 Å². The van der Waals surface area contributed by atoms with Crippen LogP contribution in [0, 0.1) is 10.1 Å². The molecule has 0 fully saturated rings. The molecule has 0 aliphatic rings. The van der Waals surface area contributed by atoms with Crippen molar-refractivity contribution in [1.82, 2.24) is 5.32 Å². The Bertz CT molecular complexity index is 738. The molecule has 0 bridgehead atoms. The molecule has 0 radical (unpaired) electrons. The predicted molar refractivity (Wildman–Crippen MR) is 99.4 cm³/mol. The second kappa shape index (κ2) is 9.03. The van der Waals surface area contributed by atoms with Crippen molar-refractivity contribution in [3.05, 3.63) is 69.2 Å². The van der Waals surface area contributed by atoms with Crippen LogP contribution in [0.3, 0.4) is 0 Å². The maximum Gasteiger partial charge on any atom is 0.283 e. The molecule has 0 aliphatic heterocycles.